The number of isothiocyanates is 1. The molecular weight excluding hydrogens is 256 g/mol. The van der Waals surface area contributed by atoms with Crippen LogP contribution in [0.5, 0.6) is 0 Å². The van der Waals surface area contributed by atoms with Crippen LogP contribution >= 0.6 is 12.2 Å². The van der Waals surface area contributed by atoms with E-state index in [1.807, 2.05) is 13.1 Å². The molecular formula is C10H12N2O3SSi. The molecule has 0 aromatic heterocycles. The highest BCUT2D eigenvalue weighted by Gasteiger charge is 2.11. The Morgan fingerprint density at radius 2 is 2.29 bits per heavy atom. The molecule has 0 spiro atoms. The second kappa shape index (κ2) is 6.36. The summed E-state index contributed by atoms with van der Waals surface area (Å²) < 4.78 is 5.54. The predicted molar refractivity (Wildman–Crippen MR) is 71.4 cm³/mol. The second-order valence-electron chi connectivity index (χ2n) is 3.63. The van der Waals surface area contributed by atoms with Crippen molar-refractivity contribution in [1.82, 2.24) is 0 Å². The molecule has 1 rings (SSSR count). The topological polar surface area (TPSA) is 64.7 Å². The van der Waals surface area contributed by atoms with Crippen LogP contribution in [-0.4, -0.2) is 19.1 Å². The van der Waals surface area contributed by atoms with Crippen LogP contribution in [-0.2, 0) is 11.0 Å². The third kappa shape index (κ3) is 4.16. The predicted octanol–water partition coefficient (Wildman–Crippen LogP) is 2.83. The molecule has 0 saturated heterocycles. The molecule has 1 aromatic rings. The number of aliphatic imine (C=N–C) groups is 1. The van der Waals surface area contributed by atoms with Gasteiger partial charge in [-0.15, -0.1) is 0 Å². The number of hydrogen-bond acceptors (Lipinski definition) is 5. The van der Waals surface area contributed by atoms with Gasteiger partial charge in [-0.05, 0) is 31.4 Å². The molecule has 90 valence electrons. The van der Waals surface area contributed by atoms with Crippen molar-refractivity contribution in [1.29, 1.82) is 0 Å². The van der Waals surface area contributed by atoms with Crippen LogP contribution in [0.15, 0.2) is 23.2 Å². The van der Waals surface area contributed by atoms with Gasteiger partial charge < -0.3 is 4.43 Å². The van der Waals surface area contributed by atoms with E-state index in [0.717, 1.165) is 0 Å². The second-order valence-corrected chi connectivity index (χ2v) is 6.25. The molecule has 0 atom stereocenters. The van der Waals surface area contributed by atoms with Crippen molar-refractivity contribution in [2.45, 2.75) is 19.7 Å². The largest absolute Gasteiger partial charge is 0.416 e. The van der Waals surface area contributed by atoms with Crippen molar-refractivity contribution in [2.75, 3.05) is 0 Å². The molecule has 0 saturated carbocycles. The van der Waals surface area contributed by atoms with E-state index in [0.29, 0.717) is 17.9 Å². The standard InChI is InChI=1S/C10H12N2O3SSi/c1-17(2)15-6-8-5-9(12(13)14)3-4-10(8)11-7-16/h3-5,17H,6H2,1-2H3. The van der Waals surface area contributed by atoms with Gasteiger partial charge in [0.05, 0.1) is 22.4 Å². The quantitative estimate of drug-likeness (QED) is 0.271. The molecule has 5 nitrogen and oxygen atoms in total. The van der Waals surface area contributed by atoms with E-state index in [4.69, 9.17) is 4.43 Å². The fourth-order valence-corrected chi connectivity index (χ4v) is 1.83. The van der Waals surface area contributed by atoms with E-state index in [-0.39, 0.29) is 5.69 Å². The summed E-state index contributed by atoms with van der Waals surface area (Å²) >= 11 is 4.53. The number of non-ortho nitro benzene ring substituents is 1. The van der Waals surface area contributed by atoms with E-state index in [9.17, 15) is 10.1 Å². The summed E-state index contributed by atoms with van der Waals surface area (Å²) in [6, 6.07) is 4.40. The van der Waals surface area contributed by atoms with Crippen LogP contribution in [0.25, 0.3) is 0 Å². The maximum absolute atomic E-state index is 10.7. The third-order valence-electron chi connectivity index (χ3n) is 2.01. The number of thiocarbonyl (C=S) groups is 1. The summed E-state index contributed by atoms with van der Waals surface area (Å²) in [4.78, 5) is 14.1. The monoisotopic (exact) mass is 268 g/mol. The highest BCUT2D eigenvalue weighted by atomic mass is 32.1. The lowest BCUT2D eigenvalue weighted by atomic mass is 10.1. The minimum absolute atomic E-state index is 0.0253. The Labute approximate surface area is 106 Å². The Kier molecular flexibility index (Phi) is 5.11. The van der Waals surface area contributed by atoms with Gasteiger partial charge in [-0.2, -0.15) is 4.99 Å². The zero-order valence-corrected chi connectivity index (χ0v) is 11.5. The van der Waals surface area contributed by atoms with Gasteiger partial charge in [0.15, 0.2) is 9.04 Å². The summed E-state index contributed by atoms with van der Waals surface area (Å²) in [6.45, 7) is 4.38. The first-order valence-corrected chi connectivity index (χ1v) is 8.20. The van der Waals surface area contributed by atoms with Gasteiger partial charge in [-0.25, -0.2) is 0 Å². The fraction of sp³-hybridized carbons (Fsp3) is 0.300. The number of nitro benzene ring substituents is 1. The Balaban J connectivity index is 3.06. The maximum Gasteiger partial charge on any atom is 0.269 e. The summed E-state index contributed by atoms with van der Waals surface area (Å²) in [5, 5.41) is 12.9. The normalized spacial score (nSPS) is 10.1. The fourth-order valence-electron chi connectivity index (χ4n) is 1.22. The lowest BCUT2D eigenvalue weighted by Gasteiger charge is -2.08. The minimum Gasteiger partial charge on any atom is -0.416 e. The summed E-state index contributed by atoms with van der Waals surface area (Å²) in [5.41, 5.74) is 1.26. The number of nitrogens with zero attached hydrogens (tertiary/aromatic N) is 2. The summed E-state index contributed by atoms with van der Waals surface area (Å²) in [6.07, 6.45) is 0. The zero-order valence-electron chi connectivity index (χ0n) is 9.54. The number of benzene rings is 1. The molecule has 0 radical (unpaired) electrons. The van der Waals surface area contributed by atoms with Crippen LogP contribution < -0.4 is 0 Å². The maximum atomic E-state index is 10.7. The molecule has 0 aliphatic carbocycles. The van der Waals surface area contributed by atoms with Crippen LogP contribution in [0.1, 0.15) is 5.56 Å². The Hall–Kier alpha value is -1.40. The lowest BCUT2D eigenvalue weighted by Crippen LogP contribution is -2.07. The number of nitro groups is 1. The molecule has 0 aliphatic rings. The van der Waals surface area contributed by atoms with Gasteiger partial charge in [0.25, 0.3) is 5.69 Å². The van der Waals surface area contributed by atoms with Crippen molar-refractivity contribution in [2.24, 2.45) is 4.99 Å². The van der Waals surface area contributed by atoms with Gasteiger partial charge in [-0.3, -0.25) is 10.1 Å². The van der Waals surface area contributed by atoms with Gasteiger partial charge in [0.2, 0.25) is 0 Å². The zero-order chi connectivity index (χ0) is 12.8. The van der Waals surface area contributed by atoms with Crippen LogP contribution in [0.4, 0.5) is 11.4 Å². The number of hydrogen-bond donors (Lipinski definition) is 0. The molecule has 17 heavy (non-hydrogen) atoms. The van der Waals surface area contributed by atoms with Crippen molar-refractivity contribution < 1.29 is 9.35 Å². The van der Waals surface area contributed by atoms with E-state index in [2.05, 4.69) is 22.4 Å². The van der Waals surface area contributed by atoms with Crippen LogP contribution in [0, 0.1) is 10.1 Å². The Morgan fingerprint density at radius 3 is 2.82 bits per heavy atom. The summed E-state index contributed by atoms with van der Waals surface area (Å²) in [5.74, 6) is 0. The van der Waals surface area contributed by atoms with E-state index in [1.54, 1.807) is 6.07 Å². The van der Waals surface area contributed by atoms with E-state index >= 15 is 0 Å². The smallest absolute Gasteiger partial charge is 0.269 e. The minimum atomic E-state index is -1.18. The first kappa shape index (κ1) is 13.7. The molecule has 0 fully saturated rings. The molecule has 0 N–H and O–H groups in total. The third-order valence-corrected chi connectivity index (χ3v) is 2.94. The average Bonchev–Trinajstić information content (AvgIpc) is 2.27. The molecule has 7 heteroatoms. The number of rotatable bonds is 5. The highest BCUT2D eigenvalue weighted by Crippen LogP contribution is 2.25. The van der Waals surface area contributed by atoms with E-state index < -0.39 is 14.0 Å². The summed E-state index contributed by atoms with van der Waals surface area (Å²) in [7, 11) is -1.18. The van der Waals surface area contributed by atoms with Crippen molar-refractivity contribution in [3.63, 3.8) is 0 Å². The Morgan fingerprint density at radius 1 is 1.59 bits per heavy atom. The molecule has 0 heterocycles. The van der Waals surface area contributed by atoms with Crippen molar-refractivity contribution in [3.05, 3.63) is 33.9 Å². The SMILES string of the molecule is C[SiH](C)OCc1cc([N+](=O)[O-])ccc1N=C=S. The molecule has 1 aromatic carbocycles. The van der Waals surface area contributed by atoms with Gasteiger partial charge in [-0.1, -0.05) is 0 Å². The first-order chi connectivity index (χ1) is 8.04. The molecule has 0 unspecified atom stereocenters. The molecule has 0 amide bonds. The molecule has 0 bridgehead atoms. The van der Waals surface area contributed by atoms with Crippen LogP contribution in [0.2, 0.25) is 13.1 Å². The highest BCUT2D eigenvalue weighted by molar-refractivity contribution is 7.78. The average molecular weight is 268 g/mol. The Bertz CT molecular complexity index is 473. The molecule has 0 aliphatic heterocycles. The first-order valence-electron chi connectivity index (χ1n) is 5.01. The lowest BCUT2D eigenvalue weighted by molar-refractivity contribution is -0.384. The van der Waals surface area contributed by atoms with Crippen molar-refractivity contribution in [3.8, 4) is 0 Å². The van der Waals surface area contributed by atoms with Gasteiger partial charge in [0.1, 0.15) is 0 Å². The van der Waals surface area contributed by atoms with Crippen LogP contribution in [0.3, 0.4) is 0 Å². The van der Waals surface area contributed by atoms with E-state index in [1.165, 1.54) is 12.1 Å². The van der Waals surface area contributed by atoms with Gasteiger partial charge >= 0.3 is 0 Å². The van der Waals surface area contributed by atoms with Crippen molar-refractivity contribution >= 4 is 37.8 Å². The van der Waals surface area contributed by atoms with Gasteiger partial charge in [0, 0.05) is 17.7 Å².